The summed E-state index contributed by atoms with van der Waals surface area (Å²) >= 11 is 0. The maximum absolute atomic E-state index is 2.51. The third-order valence-corrected chi connectivity index (χ3v) is 7.89. The van der Waals surface area contributed by atoms with Crippen molar-refractivity contribution in [2.75, 3.05) is 0 Å². The van der Waals surface area contributed by atoms with Crippen molar-refractivity contribution in [3.63, 3.8) is 0 Å². The lowest BCUT2D eigenvalue weighted by Crippen LogP contribution is -2.54. The van der Waals surface area contributed by atoms with Gasteiger partial charge in [0, 0.05) is 0 Å². The van der Waals surface area contributed by atoms with Gasteiger partial charge in [0.25, 0.3) is 0 Å². The normalized spacial score (nSPS) is 11.9. The van der Waals surface area contributed by atoms with Gasteiger partial charge in [-0.3, -0.25) is 0 Å². The summed E-state index contributed by atoms with van der Waals surface area (Å²) in [6.45, 7) is 4.69. The Morgan fingerprint density at radius 3 is 1.80 bits per heavy atom. The summed E-state index contributed by atoms with van der Waals surface area (Å²) in [5, 5.41) is 2.97. The van der Waals surface area contributed by atoms with Gasteiger partial charge in [0.15, 0.2) is 0 Å². The minimum absolute atomic E-state index is 1.19. The Bertz CT molecular complexity index is 489. The van der Waals surface area contributed by atoms with Crippen LogP contribution < -0.4 is 10.4 Å². The molecule has 0 fully saturated rings. The molecule has 0 nitrogen and oxygen atoms in total. The van der Waals surface area contributed by atoms with Gasteiger partial charge in [0.05, 0.1) is 0 Å². The van der Waals surface area contributed by atoms with Crippen LogP contribution in [-0.4, -0.2) is 8.07 Å². The molecule has 0 unspecified atom stereocenters. The first kappa shape index (κ1) is 14.8. The molecule has 20 heavy (non-hydrogen) atoms. The van der Waals surface area contributed by atoms with Crippen molar-refractivity contribution in [2.45, 2.75) is 32.7 Å². The highest BCUT2D eigenvalue weighted by atomic mass is 28.3. The molecule has 0 aliphatic rings. The second-order valence-corrected chi connectivity index (χ2v) is 9.37. The largest absolute Gasteiger partial charge is 0.137 e. The Morgan fingerprint density at radius 2 is 1.35 bits per heavy atom. The van der Waals surface area contributed by atoms with E-state index < -0.39 is 8.07 Å². The summed E-state index contributed by atoms with van der Waals surface area (Å²) in [5.74, 6) is 0. The van der Waals surface area contributed by atoms with Crippen molar-refractivity contribution in [3.05, 3.63) is 72.4 Å². The third-order valence-electron chi connectivity index (χ3n) is 3.92. The standard InChI is InChI=1S/C19H24Si/c1-3-4-5-12-17-20(2,18-13-8-6-9-14-18)19-15-10-7-11-16-19/h6-17H,3-5H2,1-2H3/b17-12-. The summed E-state index contributed by atoms with van der Waals surface area (Å²) in [6, 6.07) is 22.0. The highest BCUT2D eigenvalue weighted by molar-refractivity contribution is 7.05. The first-order valence-electron chi connectivity index (χ1n) is 7.56. The molecule has 104 valence electrons. The molecule has 0 spiro atoms. The monoisotopic (exact) mass is 280 g/mol. The summed E-state index contributed by atoms with van der Waals surface area (Å²) in [6.07, 6.45) is 6.14. The molecule has 0 saturated carbocycles. The van der Waals surface area contributed by atoms with Gasteiger partial charge < -0.3 is 0 Å². The maximum Gasteiger partial charge on any atom is 0.137 e. The molecule has 2 rings (SSSR count). The molecule has 2 aromatic carbocycles. The van der Waals surface area contributed by atoms with Crippen LogP contribution in [0.25, 0.3) is 0 Å². The van der Waals surface area contributed by atoms with Crippen LogP contribution in [0.1, 0.15) is 26.2 Å². The van der Waals surface area contributed by atoms with Gasteiger partial charge in [0.1, 0.15) is 8.07 Å². The number of rotatable bonds is 6. The zero-order valence-electron chi connectivity index (χ0n) is 12.5. The van der Waals surface area contributed by atoms with E-state index in [0.717, 1.165) is 0 Å². The quantitative estimate of drug-likeness (QED) is 0.550. The van der Waals surface area contributed by atoms with Gasteiger partial charge >= 0.3 is 0 Å². The Hall–Kier alpha value is -1.60. The van der Waals surface area contributed by atoms with Crippen molar-refractivity contribution in [3.8, 4) is 0 Å². The van der Waals surface area contributed by atoms with Crippen molar-refractivity contribution in [1.82, 2.24) is 0 Å². The second kappa shape index (κ2) is 7.25. The first-order valence-corrected chi connectivity index (χ1v) is 10.1. The fourth-order valence-corrected chi connectivity index (χ4v) is 5.69. The van der Waals surface area contributed by atoms with Gasteiger partial charge in [-0.1, -0.05) is 109 Å². The third kappa shape index (κ3) is 3.49. The van der Waals surface area contributed by atoms with E-state index in [1.54, 1.807) is 0 Å². The molecule has 0 N–H and O–H groups in total. The van der Waals surface area contributed by atoms with Gasteiger partial charge in [-0.25, -0.2) is 0 Å². The Kier molecular flexibility index (Phi) is 5.37. The molecule has 2 aromatic rings. The summed E-state index contributed by atoms with van der Waals surface area (Å²) < 4.78 is 0. The molecule has 0 aliphatic heterocycles. The number of allylic oxidation sites excluding steroid dienone is 1. The van der Waals surface area contributed by atoms with Gasteiger partial charge in [-0.05, 0) is 6.42 Å². The van der Waals surface area contributed by atoms with Gasteiger partial charge in [-0.15, -0.1) is 0 Å². The number of unbranched alkanes of at least 4 members (excludes halogenated alkanes) is 2. The van der Waals surface area contributed by atoms with E-state index in [4.69, 9.17) is 0 Å². The van der Waals surface area contributed by atoms with E-state index >= 15 is 0 Å². The molecule has 0 radical (unpaired) electrons. The lowest BCUT2D eigenvalue weighted by molar-refractivity contribution is 0.815. The van der Waals surface area contributed by atoms with E-state index in [-0.39, 0.29) is 0 Å². The van der Waals surface area contributed by atoms with Crippen LogP contribution in [0.3, 0.4) is 0 Å². The summed E-state index contributed by atoms with van der Waals surface area (Å²) in [4.78, 5) is 0. The Balaban J connectivity index is 2.36. The number of hydrogen-bond donors (Lipinski definition) is 0. The minimum atomic E-state index is -1.73. The van der Waals surface area contributed by atoms with Crippen molar-refractivity contribution in [1.29, 1.82) is 0 Å². The molecule has 0 saturated heterocycles. The van der Waals surface area contributed by atoms with Crippen LogP contribution in [0.15, 0.2) is 72.4 Å². The van der Waals surface area contributed by atoms with Crippen LogP contribution in [0.5, 0.6) is 0 Å². The molecule has 1 heteroatoms. The Labute approximate surface area is 124 Å². The fourth-order valence-electron chi connectivity index (χ4n) is 2.57. The van der Waals surface area contributed by atoms with E-state index in [1.165, 1.54) is 29.6 Å². The smallest absolute Gasteiger partial charge is 0.0917 e. The van der Waals surface area contributed by atoms with Crippen LogP contribution in [0, 0.1) is 0 Å². The Morgan fingerprint density at radius 1 is 0.850 bits per heavy atom. The molecular weight excluding hydrogens is 256 g/mol. The predicted octanol–water partition coefficient (Wildman–Crippen LogP) is 4.17. The predicted molar refractivity (Wildman–Crippen MR) is 92.4 cm³/mol. The molecular formula is C19H24Si. The lowest BCUT2D eigenvalue weighted by atomic mass is 10.2. The second-order valence-electron chi connectivity index (χ2n) is 5.48. The lowest BCUT2D eigenvalue weighted by Gasteiger charge is -2.25. The number of hydrogen-bond acceptors (Lipinski definition) is 0. The maximum atomic E-state index is 2.51. The molecule has 0 amide bonds. The van der Waals surface area contributed by atoms with E-state index in [2.05, 4.69) is 85.9 Å². The summed E-state index contributed by atoms with van der Waals surface area (Å²) in [5.41, 5.74) is 2.51. The molecule has 0 bridgehead atoms. The molecule has 0 aliphatic carbocycles. The SMILES string of the molecule is CCCC/C=C\[Si](C)(c1ccccc1)c1ccccc1. The van der Waals surface area contributed by atoms with Crippen LogP contribution in [-0.2, 0) is 0 Å². The van der Waals surface area contributed by atoms with Crippen LogP contribution in [0.2, 0.25) is 6.55 Å². The zero-order chi connectivity index (χ0) is 14.3. The molecule has 0 aromatic heterocycles. The zero-order valence-corrected chi connectivity index (χ0v) is 13.5. The van der Waals surface area contributed by atoms with E-state index in [9.17, 15) is 0 Å². The highest BCUT2D eigenvalue weighted by Crippen LogP contribution is 2.09. The fraction of sp³-hybridized carbons (Fsp3) is 0.263. The van der Waals surface area contributed by atoms with Gasteiger partial charge in [0.2, 0.25) is 0 Å². The van der Waals surface area contributed by atoms with E-state index in [0.29, 0.717) is 0 Å². The van der Waals surface area contributed by atoms with Crippen LogP contribution >= 0.6 is 0 Å². The minimum Gasteiger partial charge on any atom is -0.0917 e. The van der Waals surface area contributed by atoms with Crippen molar-refractivity contribution >= 4 is 18.4 Å². The summed E-state index contributed by atoms with van der Waals surface area (Å²) in [7, 11) is -1.73. The van der Waals surface area contributed by atoms with Gasteiger partial charge in [-0.2, -0.15) is 0 Å². The number of benzene rings is 2. The van der Waals surface area contributed by atoms with Crippen LogP contribution in [0.4, 0.5) is 0 Å². The van der Waals surface area contributed by atoms with Crippen molar-refractivity contribution in [2.24, 2.45) is 0 Å². The molecule has 0 heterocycles. The average Bonchev–Trinajstić information content (AvgIpc) is 2.53. The highest BCUT2D eigenvalue weighted by Gasteiger charge is 2.28. The molecule has 0 atom stereocenters. The topological polar surface area (TPSA) is 0 Å². The first-order chi connectivity index (χ1) is 9.77. The van der Waals surface area contributed by atoms with Crippen molar-refractivity contribution < 1.29 is 0 Å². The van der Waals surface area contributed by atoms with E-state index in [1.807, 2.05) is 0 Å². The average molecular weight is 280 g/mol.